The molecule has 2 aromatic carbocycles. The lowest BCUT2D eigenvalue weighted by Crippen LogP contribution is -2.41. The fraction of sp³-hybridized carbons (Fsp3) is 0.333. The molecule has 9 nitrogen and oxygen atoms in total. The van der Waals surface area contributed by atoms with Crippen molar-refractivity contribution in [2.75, 3.05) is 7.11 Å². The Labute approximate surface area is 228 Å². The molecule has 1 amide bonds. The highest BCUT2D eigenvalue weighted by atomic mass is 31.2. The highest BCUT2D eigenvalue weighted by Crippen LogP contribution is 2.43. The number of benzene rings is 2. The Kier molecular flexibility index (Phi) is 7.62. The summed E-state index contributed by atoms with van der Waals surface area (Å²) in [6.45, 7) is 1.33. The van der Waals surface area contributed by atoms with Crippen LogP contribution in [0.2, 0.25) is 0 Å². The summed E-state index contributed by atoms with van der Waals surface area (Å²) < 4.78 is 65.6. The van der Waals surface area contributed by atoms with Gasteiger partial charge in [-0.2, -0.15) is 4.57 Å². The maximum atomic E-state index is 13.9. The predicted molar refractivity (Wildman–Crippen MR) is 134 cm³/mol. The Balaban J connectivity index is 1.40. The maximum Gasteiger partial charge on any atom is 0.268 e. The molecule has 0 saturated carbocycles. The molecule has 2 aliphatic heterocycles. The van der Waals surface area contributed by atoms with E-state index in [1.54, 1.807) is 53.2 Å². The van der Waals surface area contributed by atoms with E-state index in [0.717, 1.165) is 12.1 Å². The number of hydrogen-bond donors (Lipinski definition) is 1. The Morgan fingerprint density at radius 3 is 2.58 bits per heavy atom. The monoisotopic (exact) mass is 577 g/mol. The molecule has 2 saturated heterocycles. The van der Waals surface area contributed by atoms with Gasteiger partial charge in [0.2, 0.25) is 0 Å². The number of phosphoric ester groups is 1. The van der Waals surface area contributed by atoms with E-state index in [9.17, 15) is 27.4 Å². The number of halogens is 3. The zero-order valence-corrected chi connectivity index (χ0v) is 22.6. The van der Waals surface area contributed by atoms with Gasteiger partial charge >= 0.3 is 0 Å². The van der Waals surface area contributed by atoms with Crippen molar-refractivity contribution in [3.63, 3.8) is 0 Å². The summed E-state index contributed by atoms with van der Waals surface area (Å²) >= 11 is 0. The number of methoxy groups -OCH3 is 1. The maximum absolute atomic E-state index is 13.9. The zero-order valence-electron chi connectivity index (χ0n) is 21.7. The molecular weight excluding hydrogens is 550 g/mol. The summed E-state index contributed by atoms with van der Waals surface area (Å²) in [4.78, 5) is 35.0. The lowest BCUT2D eigenvalue weighted by Gasteiger charge is -2.35. The van der Waals surface area contributed by atoms with Crippen LogP contribution in [-0.4, -0.2) is 33.4 Å². The second-order valence-corrected chi connectivity index (χ2v) is 11.1. The van der Waals surface area contributed by atoms with Crippen molar-refractivity contribution in [3.05, 3.63) is 82.7 Å². The number of hydrogen-bond acceptors (Lipinski definition) is 5. The van der Waals surface area contributed by atoms with Crippen LogP contribution in [0, 0.1) is 24.4 Å². The highest BCUT2D eigenvalue weighted by Gasteiger charge is 2.42. The quantitative estimate of drug-likeness (QED) is 0.198. The van der Waals surface area contributed by atoms with Crippen molar-refractivity contribution in [3.8, 4) is 11.4 Å². The molecule has 1 unspecified atom stereocenters. The predicted octanol–water partition coefficient (Wildman–Crippen LogP) is 3.84. The van der Waals surface area contributed by atoms with Gasteiger partial charge in [0.15, 0.2) is 35.6 Å². The van der Waals surface area contributed by atoms with Crippen molar-refractivity contribution < 1.29 is 46.1 Å². The summed E-state index contributed by atoms with van der Waals surface area (Å²) in [5.41, 5.74) is 2.77. The number of piperidine rings is 1. The van der Waals surface area contributed by atoms with Crippen LogP contribution in [0.25, 0.3) is 11.8 Å². The molecule has 0 spiro atoms. The van der Waals surface area contributed by atoms with Gasteiger partial charge in [0, 0.05) is 18.5 Å². The minimum atomic E-state index is -4.88. The number of ether oxygens (including phenoxy) is 1. The van der Waals surface area contributed by atoms with Gasteiger partial charge in [-0.3, -0.25) is 13.9 Å². The van der Waals surface area contributed by atoms with E-state index in [1.165, 1.54) is 11.7 Å². The first kappa shape index (κ1) is 28.1. The summed E-state index contributed by atoms with van der Waals surface area (Å²) in [7, 11) is -3.39. The minimum absolute atomic E-state index is 0.0586. The fourth-order valence-corrected chi connectivity index (χ4v) is 5.72. The summed E-state index contributed by atoms with van der Waals surface area (Å²) in [5, 5.41) is 0. The Hall–Kier alpha value is -3.44. The van der Waals surface area contributed by atoms with Gasteiger partial charge in [-0.25, -0.2) is 17.7 Å². The second kappa shape index (κ2) is 10.9. The molecule has 2 fully saturated rings. The van der Waals surface area contributed by atoms with Gasteiger partial charge in [0.05, 0.1) is 13.2 Å². The molecule has 3 aromatic rings. The van der Waals surface area contributed by atoms with Gasteiger partial charge in [0.25, 0.3) is 20.1 Å². The van der Waals surface area contributed by atoms with E-state index in [-0.39, 0.29) is 17.5 Å². The van der Waals surface area contributed by atoms with Crippen LogP contribution in [0.5, 0.6) is 5.75 Å². The SMILES string of the molecule is COc1cc(C=C2CC[C@H]3CC[C@@H](c4cc(F)c(F)c(F)c4)N3C2=O)ccc1-n1cc(C)[n+](COP(=O)([O-])O)c1. The van der Waals surface area contributed by atoms with Crippen LogP contribution in [-0.2, 0) is 20.6 Å². The highest BCUT2D eigenvalue weighted by molar-refractivity contribution is 7.44. The van der Waals surface area contributed by atoms with E-state index in [0.29, 0.717) is 54.0 Å². The van der Waals surface area contributed by atoms with Crippen LogP contribution in [0.3, 0.4) is 0 Å². The lowest BCUT2D eigenvalue weighted by molar-refractivity contribution is -0.731. The normalized spacial score (nSPS) is 21.5. The van der Waals surface area contributed by atoms with Gasteiger partial charge in [-0.05, 0) is 67.2 Å². The Morgan fingerprint density at radius 2 is 1.90 bits per heavy atom. The topological polar surface area (TPSA) is 108 Å². The third-order valence-electron chi connectivity index (χ3n) is 7.38. The number of carbonyl (C=O) groups excluding carboxylic acids is 1. The average molecular weight is 577 g/mol. The number of nitrogens with zero attached hydrogens (tertiary/aromatic N) is 3. The molecule has 40 heavy (non-hydrogen) atoms. The molecule has 0 aliphatic carbocycles. The molecule has 13 heteroatoms. The molecule has 2 aliphatic rings. The fourth-order valence-electron chi connectivity index (χ4n) is 5.45. The van der Waals surface area contributed by atoms with Crippen LogP contribution in [0.4, 0.5) is 13.2 Å². The summed E-state index contributed by atoms with van der Waals surface area (Å²) in [6, 6.07) is 6.65. The number of phosphoric acid groups is 1. The molecule has 5 rings (SSSR count). The van der Waals surface area contributed by atoms with Crippen LogP contribution in [0.15, 0.2) is 48.4 Å². The van der Waals surface area contributed by atoms with E-state index in [1.807, 2.05) is 0 Å². The molecule has 1 aromatic heterocycles. The first-order valence-electron chi connectivity index (χ1n) is 12.6. The van der Waals surface area contributed by atoms with Crippen molar-refractivity contribution in [1.82, 2.24) is 9.47 Å². The van der Waals surface area contributed by atoms with Crippen molar-refractivity contribution in [2.24, 2.45) is 0 Å². The van der Waals surface area contributed by atoms with Crippen molar-refractivity contribution >= 4 is 19.8 Å². The lowest BCUT2D eigenvalue weighted by atomic mass is 9.95. The number of carbonyl (C=O) groups is 1. The minimum Gasteiger partial charge on any atom is -0.756 e. The molecular formula is C27H27F3N3O6P. The third-order valence-corrected chi connectivity index (χ3v) is 7.82. The molecule has 0 bridgehead atoms. The number of amides is 1. The Morgan fingerprint density at radius 1 is 1.18 bits per heavy atom. The second-order valence-electron chi connectivity index (χ2n) is 9.89. The average Bonchev–Trinajstić information content (AvgIpc) is 3.50. The molecule has 3 atom stereocenters. The van der Waals surface area contributed by atoms with Gasteiger partial charge in [-0.1, -0.05) is 6.07 Å². The van der Waals surface area contributed by atoms with Crippen molar-refractivity contribution in [1.29, 1.82) is 0 Å². The molecule has 1 N–H and O–H groups in total. The van der Waals surface area contributed by atoms with Crippen LogP contribution < -0.4 is 14.2 Å². The smallest absolute Gasteiger partial charge is 0.268 e. The van der Waals surface area contributed by atoms with E-state index in [4.69, 9.17) is 9.63 Å². The number of imidazole rings is 1. The van der Waals surface area contributed by atoms with Gasteiger partial charge in [-0.15, -0.1) is 0 Å². The summed E-state index contributed by atoms with van der Waals surface area (Å²) in [6.07, 6.45) is 7.53. The first-order chi connectivity index (χ1) is 18.9. The molecule has 3 heterocycles. The van der Waals surface area contributed by atoms with Crippen LogP contribution in [0.1, 0.15) is 48.5 Å². The van der Waals surface area contributed by atoms with E-state index < -0.39 is 38.0 Å². The molecule has 212 valence electrons. The number of fused-ring (bicyclic) bond motifs is 1. The summed E-state index contributed by atoms with van der Waals surface area (Å²) in [5.74, 6) is -3.83. The van der Waals surface area contributed by atoms with E-state index in [2.05, 4.69) is 4.52 Å². The molecule has 0 radical (unpaired) electrons. The van der Waals surface area contributed by atoms with Gasteiger partial charge in [0.1, 0.15) is 11.9 Å². The van der Waals surface area contributed by atoms with Crippen molar-refractivity contribution in [2.45, 2.75) is 51.4 Å². The first-order valence-corrected chi connectivity index (χ1v) is 14.1. The van der Waals surface area contributed by atoms with Crippen LogP contribution >= 0.6 is 7.82 Å². The third kappa shape index (κ3) is 5.57. The van der Waals surface area contributed by atoms with Gasteiger partial charge < -0.3 is 19.4 Å². The number of rotatable bonds is 7. The number of aromatic nitrogens is 2. The largest absolute Gasteiger partial charge is 0.756 e. The van der Waals surface area contributed by atoms with E-state index >= 15 is 0 Å². The number of aryl methyl sites for hydroxylation is 1. The zero-order chi connectivity index (χ0) is 28.8. The Bertz CT molecular complexity index is 1530. The standard InChI is InChI=1S/C27H27F3N3O6P/c1-16-13-31(14-32(16)15-39-40(35,36)37)24-7-3-17(10-25(24)38-2)9-18-4-5-20-6-8-23(33(20)27(18)34)19-11-21(28)26(30)22(29)12-19/h3,7,9-14,20,23H,4-6,8,15H2,1-2H3,(H-,35,36,37)/t20-,23-/m0/s1.